The second-order valence-corrected chi connectivity index (χ2v) is 12.8. The van der Waals surface area contributed by atoms with Crippen molar-refractivity contribution < 1.29 is 4.39 Å². The molecule has 2 aromatic carbocycles. The molecule has 0 bridgehead atoms. The number of thiocarbonyl (C=S) groups is 1. The number of para-hydroxylation sites is 1. The molecule has 3 heterocycles. The predicted molar refractivity (Wildman–Crippen MR) is 179 cm³/mol. The van der Waals surface area contributed by atoms with Crippen molar-refractivity contribution in [3.63, 3.8) is 0 Å². The number of piperidine rings is 1. The van der Waals surface area contributed by atoms with Crippen LogP contribution in [0.2, 0.25) is 0 Å². The van der Waals surface area contributed by atoms with Crippen molar-refractivity contribution in [2.75, 3.05) is 59.3 Å². The highest BCUT2D eigenvalue weighted by Gasteiger charge is 2.34. The largest absolute Gasteiger partial charge is 0.368 e. The summed E-state index contributed by atoms with van der Waals surface area (Å²) in [5, 5.41) is 7.36. The van der Waals surface area contributed by atoms with Crippen LogP contribution < -0.4 is 25.3 Å². The topological polar surface area (TPSA) is 59.6 Å². The highest BCUT2D eigenvalue weighted by Crippen LogP contribution is 2.39. The minimum Gasteiger partial charge on any atom is -0.368 e. The first-order valence-electron chi connectivity index (χ1n) is 16.0. The van der Waals surface area contributed by atoms with Gasteiger partial charge in [0.15, 0.2) is 5.11 Å². The fourth-order valence-electron chi connectivity index (χ4n) is 7.05. The Hall–Kier alpha value is -3.46. The first-order chi connectivity index (χ1) is 21.0. The maximum atomic E-state index is 13.7. The summed E-state index contributed by atoms with van der Waals surface area (Å²) in [7, 11) is 0. The standard InChI is InChI=1S/C34H44FN7S/c1-26-10-6-9-19-42(26)31-24-30(41-22-20-40(21-23-41)29-11-4-2-5-12-29)37-32(38-31)39-33(43)36-25-34(17-7-3-8-18-34)27-13-15-28(35)16-14-27/h2,4-5,11-16,24,26H,3,6-10,17-23,25H2,1H3,(H2,36,37,38,39,43). The first kappa shape index (κ1) is 29.6. The van der Waals surface area contributed by atoms with Gasteiger partial charge < -0.3 is 25.3 Å². The van der Waals surface area contributed by atoms with Gasteiger partial charge in [-0.05, 0) is 81.1 Å². The minimum absolute atomic E-state index is 0.0623. The Morgan fingerprint density at radius 2 is 1.56 bits per heavy atom. The molecule has 6 rings (SSSR count). The summed E-state index contributed by atoms with van der Waals surface area (Å²) in [6, 6.07) is 20.2. The number of hydrogen-bond acceptors (Lipinski definition) is 6. The van der Waals surface area contributed by atoms with Crippen molar-refractivity contribution >= 4 is 40.6 Å². The molecule has 3 aliphatic rings. The molecule has 1 atom stereocenters. The van der Waals surface area contributed by atoms with Gasteiger partial charge in [-0.15, -0.1) is 0 Å². The number of rotatable bonds is 7. The molecule has 2 saturated heterocycles. The number of nitrogens with zero attached hydrogens (tertiary/aromatic N) is 5. The van der Waals surface area contributed by atoms with Crippen LogP contribution in [0.15, 0.2) is 60.7 Å². The molecule has 2 N–H and O–H groups in total. The number of halogens is 1. The van der Waals surface area contributed by atoms with E-state index in [0.717, 1.165) is 57.2 Å². The molecule has 1 aromatic heterocycles. The molecular formula is C34H44FN7S. The molecule has 43 heavy (non-hydrogen) atoms. The lowest BCUT2D eigenvalue weighted by atomic mass is 9.69. The van der Waals surface area contributed by atoms with Gasteiger partial charge in [-0.2, -0.15) is 9.97 Å². The Labute approximate surface area is 260 Å². The van der Waals surface area contributed by atoms with Crippen LogP contribution in [0, 0.1) is 5.82 Å². The SMILES string of the molecule is CC1CCCCN1c1cc(N2CCN(c3ccccc3)CC2)nc(NC(=S)NCC2(c3ccc(F)cc3)CCCCC2)n1. The summed E-state index contributed by atoms with van der Waals surface area (Å²) in [6.07, 6.45) is 9.30. The average Bonchev–Trinajstić information content (AvgIpc) is 3.05. The first-order valence-corrected chi connectivity index (χ1v) is 16.4. The van der Waals surface area contributed by atoms with Crippen LogP contribution in [-0.2, 0) is 5.41 Å². The maximum absolute atomic E-state index is 13.7. The van der Waals surface area contributed by atoms with Crippen LogP contribution >= 0.6 is 12.2 Å². The van der Waals surface area contributed by atoms with Crippen LogP contribution in [0.4, 0.5) is 27.7 Å². The van der Waals surface area contributed by atoms with Crippen molar-refractivity contribution in [3.8, 4) is 0 Å². The van der Waals surface area contributed by atoms with E-state index in [1.54, 1.807) is 12.1 Å². The third-order valence-electron chi connectivity index (χ3n) is 9.60. The summed E-state index contributed by atoms with van der Waals surface area (Å²) >= 11 is 5.82. The van der Waals surface area contributed by atoms with Gasteiger partial charge in [0, 0.05) is 62.5 Å². The molecular weight excluding hydrogens is 557 g/mol. The lowest BCUT2D eigenvalue weighted by Gasteiger charge is -2.39. The minimum atomic E-state index is -0.197. The molecule has 3 fully saturated rings. The van der Waals surface area contributed by atoms with E-state index in [-0.39, 0.29) is 11.2 Å². The number of hydrogen-bond donors (Lipinski definition) is 2. The summed E-state index contributed by atoms with van der Waals surface area (Å²) in [5.74, 6) is 2.24. The van der Waals surface area contributed by atoms with Gasteiger partial charge >= 0.3 is 0 Å². The monoisotopic (exact) mass is 601 g/mol. The maximum Gasteiger partial charge on any atom is 0.232 e. The van der Waals surface area contributed by atoms with Crippen molar-refractivity contribution in [1.82, 2.24) is 15.3 Å². The average molecular weight is 602 g/mol. The van der Waals surface area contributed by atoms with E-state index in [1.165, 1.54) is 49.8 Å². The summed E-state index contributed by atoms with van der Waals surface area (Å²) in [4.78, 5) is 17.2. The Balaban J connectivity index is 1.18. The highest BCUT2D eigenvalue weighted by molar-refractivity contribution is 7.80. The van der Waals surface area contributed by atoms with Gasteiger partial charge in [-0.1, -0.05) is 49.6 Å². The van der Waals surface area contributed by atoms with E-state index >= 15 is 0 Å². The molecule has 1 aliphatic carbocycles. The third kappa shape index (κ3) is 7.03. The Morgan fingerprint density at radius 3 is 2.28 bits per heavy atom. The van der Waals surface area contributed by atoms with Crippen molar-refractivity contribution in [2.24, 2.45) is 0 Å². The van der Waals surface area contributed by atoms with Crippen LogP contribution in [0.1, 0.15) is 63.9 Å². The number of piperazine rings is 1. The van der Waals surface area contributed by atoms with E-state index in [4.69, 9.17) is 22.2 Å². The zero-order valence-corrected chi connectivity index (χ0v) is 26.1. The fourth-order valence-corrected chi connectivity index (χ4v) is 7.22. The van der Waals surface area contributed by atoms with Gasteiger partial charge in [-0.25, -0.2) is 4.39 Å². The summed E-state index contributed by atoms with van der Waals surface area (Å²) in [6.45, 7) is 7.66. The lowest BCUT2D eigenvalue weighted by Crippen LogP contribution is -2.47. The fraction of sp³-hybridized carbons (Fsp3) is 0.500. The summed E-state index contributed by atoms with van der Waals surface area (Å²) < 4.78 is 13.7. The molecule has 228 valence electrons. The molecule has 2 aliphatic heterocycles. The third-order valence-corrected chi connectivity index (χ3v) is 9.85. The number of nitrogens with one attached hydrogen (secondary N) is 2. The molecule has 0 amide bonds. The molecule has 7 nitrogen and oxygen atoms in total. The van der Waals surface area contributed by atoms with Crippen molar-refractivity contribution in [3.05, 3.63) is 72.0 Å². The van der Waals surface area contributed by atoms with Gasteiger partial charge in [0.25, 0.3) is 0 Å². The predicted octanol–water partition coefficient (Wildman–Crippen LogP) is 6.51. The second kappa shape index (κ2) is 13.5. The van der Waals surface area contributed by atoms with Gasteiger partial charge in [0.05, 0.1) is 0 Å². The van der Waals surface area contributed by atoms with Gasteiger partial charge in [0.2, 0.25) is 5.95 Å². The quantitative estimate of drug-likeness (QED) is 0.298. The van der Waals surface area contributed by atoms with Crippen LogP contribution in [0.25, 0.3) is 0 Å². The van der Waals surface area contributed by atoms with E-state index in [1.807, 2.05) is 12.1 Å². The molecule has 0 radical (unpaired) electrons. The lowest BCUT2D eigenvalue weighted by molar-refractivity contribution is 0.292. The second-order valence-electron chi connectivity index (χ2n) is 12.4. The Bertz CT molecular complexity index is 1350. The van der Waals surface area contributed by atoms with Crippen LogP contribution in [0.5, 0.6) is 0 Å². The molecule has 3 aromatic rings. The normalized spacial score (nSPS) is 20.5. The van der Waals surface area contributed by atoms with Crippen molar-refractivity contribution in [1.29, 1.82) is 0 Å². The van der Waals surface area contributed by atoms with E-state index < -0.39 is 0 Å². The molecule has 1 saturated carbocycles. The Kier molecular flexibility index (Phi) is 9.26. The van der Waals surface area contributed by atoms with Gasteiger partial charge in [0.1, 0.15) is 17.5 Å². The number of benzene rings is 2. The van der Waals surface area contributed by atoms with Gasteiger partial charge in [-0.3, -0.25) is 0 Å². The zero-order valence-electron chi connectivity index (χ0n) is 25.3. The Morgan fingerprint density at radius 1 is 0.860 bits per heavy atom. The highest BCUT2D eigenvalue weighted by atomic mass is 32.1. The summed E-state index contributed by atoms with van der Waals surface area (Å²) in [5.41, 5.74) is 2.38. The molecule has 1 unspecified atom stereocenters. The molecule has 9 heteroatoms. The zero-order chi connectivity index (χ0) is 29.6. The molecule has 0 spiro atoms. The van der Waals surface area contributed by atoms with E-state index in [0.29, 0.717) is 23.6 Å². The smallest absolute Gasteiger partial charge is 0.232 e. The van der Waals surface area contributed by atoms with Crippen LogP contribution in [0.3, 0.4) is 0 Å². The van der Waals surface area contributed by atoms with Crippen molar-refractivity contribution in [2.45, 2.75) is 69.7 Å². The number of aromatic nitrogens is 2. The van der Waals surface area contributed by atoms with Crippen LogP contribution in [-0.4, -0.2) is 60.4 Å². The number of anilines is 4. The van der Waals surface area contributed by atoms with E-state index in [2.05, 4.69) is 68.7 Å². The van der Waals surface area contributed by atoms with E-state index in [9.17, 15) is 4.39 Å².